The summed E-state index contributed by atoms with van der Waals surface area (Å²) in [6.45, 7) is 14.8. The number of aryl methyl sites for hydroxylation is 3. The highest BCUT2D eigenvalue weighted by atomic mass is 15.1. The van der Waals surface area contributed by atoms with Gasteiger partial charge in [-0.3, -0.25) is 0 Å². The van der Waals surface area contributed by atoms with Crippen LogP contribution in [0.3, 0.4) is 0 Å². The smallest absolute Gasteiger partial charge is 0.197 e. The summed E-state index contributed by atoms with van der Waals surface area (Å²) in [5.41, 5.74) is 16.9. The van der Waals surface area contributed by atoms with Crippen LogP contribution in [0.1, 0.15) is 22.3 Å². The van der Waals surface area contributed by atoms with Crippen LogP contribution in [0.25, 0.3) is 93.2 Å². The third kappa shape index (κ3) is 5.58. The van der Waals surface area contributed by atoms with Gasteiger partial charge in [-0.1, -0.05) is 114 Å². The summed E-state index contributed by atoms with van der Waals surface area (Å²) >= 11 is 0. The van der Waals surface area contributed by atoms with E-state index in [9.17, 15) is 5.26 Å². The number of rotatable bonds is 5. The Morgan fingerprint density at radius 3 is 1.42 bits per heavy atom. The second-order valence-electron chi connectivity index (χ2n) is 15.1. The van der Waals surface area contributed by atoms with Gasteiger partial charge in [-0.15, -0.1) is 0 Å². The van der Waals surface area contributed by atoms with Crippen molar-refractivity contribution in [1.29, 1.82) is 5.26 Å². The quantitative estimate of drug-likeness (QED) is 0.163. The summed E-state index contributed by atoms with van der Waals surface area (Å²) in [6, 6.07) is 60.4. The minimum Gasteiger partial charge on any atom is -0.308 e. The van der Waals surface area contributed by atoms with Gasteiger partial charge in [-0.25, -0.2) is 4.85 Å². The maximum Gasteiger partial charge on any atom is 0.197 e. The third-order valence-electron chi connectivity index (χ3n) is 11.3. The van der Waals surface area contributed by atoms with E-state index in [1.807, 2.05) is 25.1 Å². The third-order valence-corrected chi connectivity index (χ3v) is 11.3. The molecule has 4 nitrogen and oxygen atoms in total. The second-order valence-corrected chi connectivity index (χ2v) is 15.1. The Morgan fingerprint density at radius 1 is 0.439 bits per heavy atom. The van der Waals surface area contributed by atoms with Crippen molar-refractivity contribution in [3.05, 3.63) is 197 Å². The van der Waals surface area contributed by atoms with Gasteiger partial charge < -0.3 is 9.13 Å². The van der Waals surface area contributed by atoms with Crippen molar-refractivity contribution in [1.82, 2.24) is 9.13 Å². The van der Waals surface area contributed by atoms with Crippen molar-refractivity contribution in [3.63, 3.8) is 0 Å². The average Bonchev–Trinajstić information content (AvgIpc) is 3.75. The molecule has 0 radical (unpaired) electrons. The number of hydrogen-bond acceptors (Lipinski definition) is 1. The van der Waals surface area contributed by atoms with Gasteiger partial charge in [0.25, 0.3) is 0 Å². The Morgan fingerprint density at radius 2 is 0.912 bits per heavy atom. The van der Waals surface area contributed by atoms with E-state index in [1.165, 1.54) is 22.3 Å². The van der Waals surface area contributed by atoms with E-state index in [-0.39, 0.29) is 0 Å². The van der Waals surface area contributed by atoms with E-state index in [1.54, 1.807) is 0 Å². The van der Waals surface area contributed by atoms with Crippen LogP contribution in [0.4, 0.5) is 5.69 Å². The Balaban J connectivity index is 1.32. The molecule has 4 heteroatoms. The molecule has 2 heterocycles. The van der Waals surface area contributed by atoms with E-state index < -0.39 is 0 Å². The number of hydrogen-bond donors (Lipinski definition) is 0. The van der Waals surface area contributed by atoms with Crippen molar-refractivity contribution in [2.45, 2.75) is 20.8 Å². The van der Waals surface area contributed by atoms with Gasteiger partial charge in [0.2, 0.25) is 0 Å². The molecule has 0 unspecified atom stereocenters. The molecule has 0 amide bonds. The lowest BCUT2D eigenvalue weighted by Gasteiger charge is -2.20. The molecule has 0 aliphatic rings. The monoisotopic (exact) mass is 728 g/mol. The van der Waals surface area contributed by atoms with Crippen LogP contribution in [-0.4, -0.2) is 9.13 Å². The first-order valence-electron chi connectivity index (χ1n) is 19.2. The first-order chi connectivity index (χ1) is 27.9. The number of nitriles is 1. The molecule has 2 aromatic heterocycles. The predicted octanol–water partition coefficient (Wildman–Crippen LogP) is 14.2. The van der Waals surface area contributed by atoms with Crippen molar-refractivity contribution in [2.24, 2.45) is 0 Å². The summed E-state index contributed by atoms with van der Waals surface area (Å²) in [4.78, 5) is 4.17. The second kappa shape index (κ2) is 13.3. The van der Waals surface area contributed by atoms with E-state index in [4.69, 9.17) is 6.57 Å². The largest absolute Gasteiger partial charge is 0.308 e. The van der Waals surface area contributed by atoms with Crippen LogP contribution < -0.4 is 0 Å². The summed E-state index contributed by atoms with van der Waals surface area (Å²) < 4.78 is 4.69. The highest BCUT2D eigenvalue weighted by Gasteiger charge is 2.23. The maximum atomic E-state index is 9.98. The van der Waals surface area contributed by atoms with Crippen LogP contribution in [0.2, 0.25) is 0 Å². The zero-order valence-corrected chi connectivity index (χ0v) is 31.9. The molecule has 57 heavy (non-hydrogen) atoms. The highest BCUT2D eigenvalue weighted by Crippen LogP contribution is 2.44. The Hall–Kier alpha value is -7.66. The fraction of sp³-hybridized carbons (Fsp3) is 0.0566. The molecule has 10 aromatic rings. The lowest BCUT2D eigenvalue weighted by atomic mass is 9.97. The van der Waals surface area contributed by atoms with Gasteiger partial charge in [0.1, 0.15) is 0 Å². The minimum atomic E-state index is 0.521. The molecule has 0 aliphatic heterocycles. The number of aromatic nitrogens is 2. The maximum absolute atomic E-state index is 9.98. The minimum absolute atomic E-state index is 0.521. The predicted molar refractivity (Wildman–Crippen MR) is 237 cm³/mol. The zero-order valence-electron chi connectivity index (χ0n) is 31.9. The van der Waals surface area contributed by atoms with Crippen LogP contribution >= 0.6 is 0 Å². The number of benzene rings is 8. The normalized spacial score (nSPS) is 11.4. The number of para-hydroxylation sites is 2. The van der Waals surface area contributed by atoms with Crippen molar-refractivity contribution >= 4 is 49.3 Å². The summed E-state index contributed by atoms with van der Waals surface area (Å²) in [6.07, 6.45) is 0. The molecule has 8 aromatic carbocycles. The first-order valence-corrected chi connectivity index (χ1v) is 19.2. The van der Waals surface area contributed by atoms with Crippen LogP contribution in [0.5, 0.6) is 0 Å². The SMILES string of the molecule is [C-]#[N+]c1cc(-n2c3ccccc3c3cc(-c4ccc(C)cc4)ccc32)c(-n2c3ccccc3c3cc(-c4ccc(C)cc4)ccc32)cc1-c1cc(C)cc(C#N)c1. The van der Waals surface area contributed by atoms with Gasteiger partial charge >= 0.3 is 0 Å². The fourth-order valence-electron chi connectivity index (χ4n) is 8.57. The lowest BCUT2D eigenvalue weighted by Crippen LogP contribution is -2.04. The molecule has 0 atom stereocenters. The van der Waals surface area contributed by atoms with Gasteiger partial charge in [-0.05, 0) is 120 Å². The van der Waals surface area contributed by atoms with Gasteiger partial charge in [0, 0.05) is 21.5 Å². The van der Waals surface area contributed by atoms with Crippen molar-refractivity contribution < 1.29 is 0 Å². The topological polar surface area (TPSA) is 38.0 Å². The standard InChI is InChI=1S/C53H36N4/c1-33-13-17-37(18-14-33)39-21-23-50-45(28-39)42-9-5-7-11-48(42)56(50)52-30-44(41-26-35(3)25-36(27-41)32-54)47(55-4)31-53(52)57-49-12-8-6-10-43(49)46-29-40(22-24-51(46)57)38-19-15-34(2)16-20-38/h5-31H,1-3H3. The van der Waals surface area contributed by atoms with E-state index in [0.29, 0.717) is 11.3 Å². The Labute approximate surface area is 331 Å². The lowest BCUT2D eigenvalue weighted by molar-refractivity contribution is 1.10. The molecule has 0 fully saturated rings. The van der Waals surface area contributed by atoms with Crippen molar-refractivity contribution in [2.75, 3.05) is 0 Å². The molecule has 0 aliphatic carbocycles. The number of nitrogens with zero attached hydrogens (tertiary/aromatic N) is 4. The highest BCUT2D eigenvalue weighted by molar-refractivity contribution is 6.13. The summed E-state index contributed by atoms with van der Waals surface area (Å²) in [5.74, 6) is 0. The molecule has 0 spiro atoms. The van der Waals surface area contributed by atoms with E-state index in [0.717, 1.165) is 82.8 Å². The van der Waals surface area contributed by atoms with Crippen LogP contribution in [0.15, 0.2) is 164 Å². The zero-order chi connectivity index (χ0) is 38.8. The molecular formula is C53H36N4. The fourth-order valence-corrected chi connectivity index (χ4v) is 8.57. The van der Waals surface area contributed by atoms with E-state index >= 15 is 0 Å². The average molecular weight is 729 g/mol. The van der Waals surface area contributed by atoms with Crippen LogP contribution in [0, 0.1) is 38.7 Å². The molecule has 0 bridgehead atoms. The molecule has 0 saturated heterocycles. The molecule has 10 rings (SSSR count). The molecular weight excluding hydrogens is 693 g/mol. The first kappa shape index (κ1) is 33.9. The molecule has 0 saturated carbocycles. The van der Waals surface area contributed by atoms with Gasteiger partial charge in [0.15, 0.2) is 5.69 Å². The van der Waals surface area contributed by atoms with Crippen molar-refractivity contribution in [3.8, 4) is 50.8 Å². The Bertz CT molecular complexity index is 3330. The summed E-state index contributed by atoms with van der Waals surface area (Å²) in [7, 11) is 0. The molecule has 268 valence electrons. The van der Waals surface area contributed by atoms with Crippen LogP contribution in [-0.2, 0) is 0 Å². The Kier molecular flexibility index (Phi) is 7.89. The molecule has 0 N–H and O–H groups in total. The van der Waals surface area contributed by atoms with Gasteiger partial charge in [-0.2, -0.15) is 5.26 Å². The van der Waals surface area contributed by atoms with Gasteiger partial charge in [0.05, 0.1) is 51.6 Å². The van der Waals surface area contributed by atoms with E-state index in [2.05, 4.69) is 179 Å². The number of fused-ring (bicyclic) bond motifs is 6. The summed E-state index contributed by atoms with van der Waals surface area (Å²) in [5, 5.41) is 14.6.